The second kappa shape index (κ2) is 4.25. The van der Waals surface area contributed by atoms with Crippen LogP contribution in [0.4, 0.5) is 5.69 Å². The van der Waals surface area contributed by atoms with Gasteiger partial charge >= 0.3 is 0 Å². The first-order valence-electron chi connectivity index (χ1n) is 4.76. The fraction of sp³-hybridized carbons (Fsp3) is 0.444. The minimum atomic E-state index is 0. The molecule has 2 N–H and O–H groups in total. The molecule has 0 unspecified atom stereocenters. The van der Waals surface area contributed by atoms with Crippen LogP contribution < -0.4 is 14.8 Å². The van der Waals surface area contributed by atoms with Crippen LogP contribution in [0, 0.1) is 0 Å². The molecule has 3 heterocycles. The highest BCUT2D eigenvalue weighted by Gasteiger charge is 2.25. The van der Waals surface area contributed by atoms with Gasteiger partial charge in [0.15, 0.2) is 0 Å². The average Bonchev–Trinajstić information content (AvgIpc) is 2.61. The summed E-state index contributed by atoms with van der Waals surface area (Å²) >= 11 is 3.48. The Morgan fingerprint density at radius 3 is 3.13 bits per heavy atom. The number of fused-ring (bicyclic) bond motifs is 3. The number of pyridine rings is 1. The van der Waals surface area contributed by atoms with Gasteiger partial charge in [0.2, 0.25) is 0 Å². The first-order chi connectivity index (χ1) is 6.86. The standard InChI is InChI=1S/C9H11BrN4.ClH/c10-14-9-7-1-2-11-3-6(7)4-12-8(9)5-13-14;/h4,11,13H,1-3,5H2;1H. The topological polar surface area (TPSA) is 40.2 Å². The lowest BCUT2D eigenvalue weighted by Crippen LogP contribution is -2.26. The van der Waals surface area contributed by atoms with Crippen molar-refractivity contribution >= 4 is 34.2 Å². The Bertz CT molecular complexity index is 385. The van der Waals surface area contributed by atoms with E-state index in [0.29, 0.717) is 0 Å². The molecule has 0 saturated heterocycles. The predicted molar refractivity (Wildman–Crippen MR) is 65.1 cm³/mol. The molecule has 0 bridgehead atoms. The summed E-state index contributed by atoms with van der Waals surface area (Å²) in [7, 11) is 0. The molecule has 15 heavy (non-hydrogen) atoms. The zero-order valence-corrected chi connectivity index (χ0v) is 10.5. The first kappa shape index (κ1) is 11.1. The lowest BCUT2D eigenvalue weighted by molar-refractivity contribution is 0.641. The molecule has 0 radical (unpaired) electrons. The Hall–Kier alpha value is -0.360. The molecule has 1 aromatic rings. The SMILES string of the molecule is BrN1NCc2ncc3c(c21)CCNC3.Cl. The van der Waals surface area contributed by atoms with Crippen LogP contribution in [0.1, 0.15) is 16.8 Å². The van der Waals surface area contributed by atoms with E-state index in [1.54, 1.807) is 0 Å². The molecule has 3 rings (SSSR count). The third kappa shape index (κ3) is 1.73. The van der Waals surface area contributed by atoms with Crippen LogP contribution in [-0.2, 0) is 19.5 Å². The van der Waals surface area contributed by atoms with E-state index in [1.807, 2.05) is 10.2 Å². The molecule has 0 aromatic carbocycles. The normalized spacial score (nSPS) is 18.1. The Labute approximate surface area is 103 Å². The number of nitrogens with zero attached hydrogens (tertiary/aromatic N) is 2. The van der Waals surface area contributed by atoms with E-state index >= 15 is 0 Å². The Balaban J connectivity index is 0.000000853. The molecule has 4 nitrogen and oxygen atoms in total. The summed E-state index contributed by atoms with van der Waals surface area (Å²) in [5.74, 6) is 0. The van der Waals surface area contributed by atoms with Gasteiger partial charge in [0.05, 0.1) is 34.1 Å². The highest BCUT2D eigenvalue weighted by atomic mass is 79.9. The number of hydrogen-bond donors (Lipinski definition) is 2. The van der Waals surface area contributed by atoms with Crippen LogP contribution in [0.5, 0.6) is 0 Å². The van der Waals surface area contributed by atoms with Crippen LogP contribution in [0.15, 0.2) is 6.20 Å². The summed E-state index contributed by atoms with van der Waals surface area (Å²) in [5.41, 5.74) is 8.32. The van der Waals surface area contributed by atoms with E-state index in [1.165, 1.54) is 16.8 Å². The second-order valence-corrected chi connectivity index (χ2v) is 4.31. The number of nitrogens with one attached hydrogen (secondary N) is 2. The number of rotatable bonds is 0. The van der Waals surface area contributed by atoms with Crippen LogP contribution in [-0.4, -0.2) is 11.5 Å². The number of halogens is 2. The van der Waals surface area contributed by atoms with Crippen LogP contribution >= 0.6 is 28.6 Å². The molecule has 1 aromatic heterocycles. The molecular formula is C9H12BrClN4. The third-order valence-corrected chi connectivity index (χ3v) is 3.38. The van der Waals surface area contributed by atoms with Crippen molar-refractivity contribution in [2.45, 2.75) is 19.5 Å². The smallest absolute Gasteiger partial charge is 0.0913 e. The van der Waals surface area contributed by atoms with Gasteiger partial charge in [-0.3, -0.25) is 4.98 Å². The molecule has 0 aliphatic carbocycles. The summed E-state index contributed by atoms with van der Waals surface area (Å²) in [5, 5.41) is 3.35. The lowest BCUT2D eigenvalue weighted by atomic mass is 10.0. The Morgan fingerprint density at radius 1 is 1.40 bits per heavy atom. The monoisotopic (exact) mass is 290 g/mol. The maximum atomic E-state index is 4.45. The molecule has 0 atom stereocenters. The molecule has 0 saturated carbocycles. The van der Waals surface area contributed by atoms with Crippen molar-refractivity contribution in [1.82, 2.24) is 15.7 Å². The zero-order chi connectivity index (χ0) is 9.54. The first-order valence-corrected chi connectivity index (χ1v) is 5.47. The number of hydrazine groups is 1. The quantitative estimate of drug-likeness (QED) is 0.707. The van der Waals surface area contributed by atoms with E-state index < -0.39 is 0 Å². The molecule has 82 valence electrons. The van der Waals surface area contributed by atoms with Gasteiger partial charge in [-0.2, -0.15) is 0 Å². The minimum Gasteiger partial charge on any atom is -0.312 e. The maximum absolute atomic E-state index is 4.45. The van der Waals surface area contributed by atoms with E-state index in [4.69, 9.17) is 0 Å². The fourth-order valence-corrected chi connectivity index (χ4v) is 2.62. The lowest BCUT2D eigenvalue weighted by Gasteiger charge is -2.21. The fourth-order valence-electron chi connectivity index (χ4n) is 2.07. The zero-order valence-electron chi connectivity index (χ0n) is 8.09. The Kier molecular flexibility index (Phi) is 3.16. The van der Waals surface area contributed by atoms with Crippen molar-refractivity contribution in [3.63, 3.8) is 0 Å². The molecule has 0 spiro atoms. The molecule has 6 heteroatoms. The van der Waals surface area contributed by atoms with Gasteiger partial charge < -0.3 is 5.32 Å². The van der Waals surface area contributed by atoms with E-state index in [-0.39, 0.29) is 12.4 Å². The van der Waals surface area contributed by atoms with E-state index in [2.05, 4.69) is 31.9 Å². The predicted octanol–water partition coefficient (Wildman–Crippen LogP) is 1.28. The third-order valence-electron chi connectivity index (χ3n) is 2.77. The molecule has 2 aliphatic heterocycles. The van der Waals surface area contributed by atoms with Gasteiger partial charge in [0.25, 0.3) is 0 Å². The van der Waals surface area contributed by atoms with Gasteiger partial charge in [0, 0.05) is 12.7 Å². The summed E-state index contributed by atoms with van der Waals surface area (Å²) < 4.78 is 1.92. The molecular weight excluding hydrogens is 279 g/mol. The minimum absolute atomic E-state index is 0. The van der Waals surface area contributed by atoms with Crippen molar-refractivity contribution in [2.24, 2.45) is 0 Å². The van der Waals surface area contributed by atoms with E-state index in [9.17, 15) is 0 Å². The maximum Gasteiger partial charge on any atom is 0.0913 e. The number of aromatic nitrogens is 1. The van der Waals surface area contributed by atoms with Crippen molar-refractivity contribution in [3.05, 3.63) is 23.0 Å². The molecule has 0 fully saturated rings. The highest BCUT2D eigenvalue weighted by Crippen LogP contribution is 2.33. The van der Waals surface area contributed by atoms with Gasteiger partial charge in [-0.25, -0.2) is 9.46 Å². The van der Waals surface area contributed by atoms with Crippen molar-refractivity contribution in [1.29, 1.82) is 0 Å². The van der Waals surface area contributed by atoms with Crippen LogP contribution in [0.25, 0.3) is 0 Å². The highest BCUT2D eigenvalue weighted by molar-refractivity contribution is 9.10. The van der Waals surface area contributed by atoms with Gasteiger partial charge in [-0.05, 0) is 24.1 Å². The van der Waals surface area contributed by atoms with Gasteiger partial charge in [-0.1, -0.05) is 0 Å². The van der Waals surface area contributed by atoms with E-state index in [0.717, 1.165) is 31.7 Å². The van der Waals surface area contributed by atoms with Crippen molar-refractivity contribution in [2.75, 3.05) is 10.6 Å². The number of hydrogen-bond acceptors (Lipinski definition) is 4. The summed E-state index contributed by atoms with van der Waals surface area (Å²) in [6.45, 7) is 2.82. The van der Waals surface area contributed by atoms with Gasteiger partial charge in [0.1, 0.15) is 0 Å². The molecule has 0 amide bonds. The number of anilines is 1. The van der Waals surface area contributed by atoms with Crippen molar-refractivity contribution in [3.8, 4) is 0 Å². The largest absolute Gasteiger partial charge is 0.312 e. The van der Waals surface area contributed by atoms with Gasteiger partial charge in [-0.15, -0.1) is 12.4 Å². The second-order valence-electron chi connectivity index (χ2n) is 3.60. The Morgan fingerprint density at radius 2 is 2.27 bits per heavy atom. The molecule has 2 aliphatic rings. The summed E-state index contributed by atoms with van der Waals surface area (Å²) in [4.78, 5) is 4.45. The average molecular weight is 292 g/mol. The summed E-state index contributed by atoms with van der Waals surface area (Å²) in [6.07, 6.45) is 3.08. The van der Waals surface area contributed by atoms with Crippen molar-refractivity contribution < 1.29 is 0 Å². The van der Waals surface area contributed by atoms with Crippen LogP contribution in [0.3, 0.4) is 0 Å². The van der Waals surface area contributed by atoms with Crippen LogP contribution in [0.2, 0.25) is 0 Å². The summed E-state index contributed by atoms with van der Waals surface area (Å²) in [6, 6.07) is 0.